The zero-order valence-electron chi connectivity index (χ0n) is 15.6. The molecule has 0 aliphatic carbocycles. The number of aromatic nitrogens is 4. The summed E-state index contributed by atoms with van der Waals surface area (Å²) in [4.78, 5) is 27.2. The highest BCUT2D eigenvalue weighted by molar-refractivity contribution is 7.98. The van der Waals surface area contributed by atoms with Crippen molar-refractivity contribution in [3.05, 3.63) is 40.2 Å². The summed E-state index contributed by atoms with van der Waals surface area (Å²) in [6, 6.07) is 4.40. The molecule has 1 N–H and O–H groups in total. The molecule has 0 atom stereocenters. The van der Waals surface area contributed by atoms with E-state index in [4.69, 9.17) is 0 Å². The fourth-order valence-corrected chi connectivity index (χ4v) is 3.70. The van der Waals surface area contributed by atoms with E-state index in [1.807, 2.05) is 38.4 Å². The van der Waals surface area contributed by atoms with Crippen LogP contribution in [0.25, 0.3) is 0 Å². The van der Waals surface area contributed by atoms with Gasteiger partial charge >= 0.3 is 5.69 Å². The number of hydrogen-bond acceptors (Lipinski definition) is 7. The van der Waals surface area contributed by atoms with Gasteiger partial charge in [-0.2, -0.15) is 4.98 Å². The van der Waals surface area contributed by atoms with Crippen molar-refractivity contribution in [1.29, 1.82) is 0 Å². The fraction of sp³-hybridized carbons (Fsp3) is 0.556. The van der Waals surface area contributed by atoms with Crippen LogP contribution in [0.5, 0.6) is 0 Å². The van der Waals surface area contributed by atoms with Gasteiger partial charge in [0, 0.05) is 49.8 Å². The number of thioether (sulfide) groups is 1. The minimum Gasteiger partial charge on any atom is -0.356 e. The molecule has 0 unspecified atom stereocenters. The summed E-state index contributed by atoms with van der Waals surface area (Å²) in [7, 11) is 0. The number of nitrogens with zero attached hydrogens (tertiary/aromatic N) is 5. The molecule has 3 heterocycles. The molecule has 1 aliphatic heterocycles. The zero-order chi connectivity index (χ0) is 18.5. The SMILES string of the molecule is CSc1nccc(N2CCC(NCCn3c(C)cc(C)nc3=O)CC2)n1. The third-order valence-electron chi connectivity index (χ3n) is 4.74. The van der Waals surface area contributed by atoms with Crippen molar-refractivity contribution in [1.82, 2.24) is 24.8 Å². The van der Waals surface area contributed by atoms with E-state index in [-0.39, 0.29) is 5.69 Å². The Labute approximate surface area is 158 Å². The van der Waals surface area contributed by atoms with Gasteiger partial charge in [-0.3, -0.25) is 4.57 Å². The maximum atomic E-state index is 12.0. The molecule has 0 bridgehead atoms. The Balaban J connectivity index is 1.48. The molecular formula is C18H26N6OS. The fourth-order valence-electron chi connectivity index (χ4n) is 3.35. The molecule has 0 saturated carbocycles. The lowest BCUT2D eigenvalue weighted by molar-refractivity contribution is 0.401. The highest BCUT2D eigenvalue weighted by Gasteiger charge is 2.20. The van der Waals surface area contributed by atoms with Crippen LogP contribution in [-0.2, 0) is 6.54 Å². The average molecular weight is 375 g/mol. The second-order valence-electron chi connectivity index (χ2n) is 6.59. The number of nitrogens with one attached hydrogen (secondary N) is 1. The molecule has 2 aromatic heterocycles. The average Bonchev–Trinajstić information content (AvgIpc) is 2.64. The minimum absolute atomic E-state index is 0.160. The number of hydrogen-bond donors (Lipinski definition) is 1. The first kappa shape index (κ1) is 18.8. The molecule has 26 heavy (non-hydrogen) atoms. The molecule has 7 nitrogen and oxygen atoms in total. The molecule has 140 valence electrons. The second kappa shape index (κ2) is 8.64. The lowest BCUT2D eigenvalue weighted by atomic mass is 10.1. The smallest absolute Gasteiger partial charge is 0.347 e. The highest BCUT2D eigenvalue weighted by Crippen LogP contribution is 2.19. The summed E-state index contributed by atoms with van der Waals surface area (Å²) in [6.07, 6.45) is 5.96. The first-order valence-corrected chi connectivity index (χ1v) is 10.2. The number of piperidine rings is 1. The van der Waals surface area contributed by atoms with E-state index in [1.54, 1.807) is 16.3 Å². The van der Waals surface area contributed by atoms with Crippen molar-refractivity contribution in [2.75, 3.05) is 30.8 Å². The van der Waals surface area contributed by atoms with Crippen LogP contribution in [-0.4, -0.2) is 51.5 Å². The Hall–Kier alpha value is -1.93. The van der Waals surface area contributed by atoms with Crippen molar-refractivity contribution in [2.24, 2.45) is 0 Å². The summed E-state index contributed by atoms with van der Waals surface area (Å²) in [6.45, 7) is 7.20. The monoisotopic (exact) mass is 374 g/mol. The van der Waals surface area contributed by atoms with Gasteiger partial charge in [0.25, 0.3) is 0 Å². The molecule has 1 fully saturated rings. The van der Waals surface area contributed by atoms with E-state index in [0.29, 0.717) is 12.6 Å². The van der Waals surface area contributed by atoms with E-state index < -0.39 is 0 Å². The lowest BCUT2D eigenvalue weighted by Gasteiger charge is -2.33. The normalized spacial score (nSPS) is 15.4. The molecule has 0 aromatic carbocycles. The number of anilines is 1. The van der Waals surface area contributed by atoms with E-state index in [9.17, 15) is 4.79 Å². The van der Waals surface area contributed by atoms with Gasteiger partial charge in [0.15, 0.2) is 5.16 Å². The first-order valence-electron chi connectivity index (χ1n) is 8.97. The van der Waals surface area contributed by atoms with Gasteiger partial charge in [-0.1, -0.05) is 11.8 Å². The summed E-state index contributed by atoms with van der Waals surface area (Å²) in [5.41, 5.74) is 1.58. The predicted molar refractivity (Wildman–Crippen MR) is 105 cm³/mol. The Morgan fingerprint density at radius 1 is 1.27 bits per heavy atom. The van der Waals surface area contributed by atoms with E-state index >= 15 is 0 Å². The van der Waals surface area contributed by atoms with Crippen LogP contribution in [0.1, 0.15) is 24.2 Å². The van der Waals surface area contributed by atoms with Crippen molar-refractivity contribution in [3.8, 4) is 0 Å². The molecule has 1 saturated heterocycles. The van der Waals surface area contributed by atoms with Gasteiger partial charge in [0.1, 0.15) is 5.82 Å². The second-order valence-corrected chi connectivity index (χ2v) is 7.36. The van der Waals surface area contributed by atoms with Gasteiger partial charge in [-0.05, 0) is 45.1 Å². The van der Waals surface area contributed by atoms with Crippen LogP contribution in [0.3, 0.4) is 0 Å². The Morgan fingerprint density at radius 2 is 2.04 bits per heavy atom. The molecule has 0 amide bonds. The van der Waals surface area contributed by atoms with Crippen molar-refractivity contribution in [2.45, 2.75) is 44.4 Å². The highest BCUT2D eigenvalue weighted by atomic mass is 32.2. The van der Waals surface area contributed by atoms with Gasteiger partial charge < -0.3 is 10.2 Å². The summed E-state index contributed by atoms with van der Waals surface area (Å²) in [5.74, 6) is 1.01. The largest absolute Gasteiger partial charge is 0.356 e. The third kappa shape index (κ3) is 4.62. The molecular weight excluding hydrogens is 348 g/mol. The topological polar surface area (TPSA) is 75.9 Å². The van der Waals surface area contributed by atoms with Crippen molar-refractivity contribution in [3.63, 3.8) is 0 Å². The molecule has 0 radical (unpaired) electrons. The predicted octanol–water partition coefficient (Wildman–Crippen LogP) is 1.63. The summed E-state index contributed by atoms with van der Waals surface area (Å²) < 4.78 is 1.74. The summed E-state index contributed by atoms with van der Waals surface area (Å²) >= 11 is 1.57. The van der Waals surface area contributed by atoms with Crippen molar-refractivity contribution < 1.29 is 0 Å². The van der Waals surface area contributed by atoms with E-state index in [0.717, 1.165) is 54.8 Å². The Bertz CT molecular complexity index is 801. The molecule has 3 rings (SSSR count). The van der Waals surface area contributed by atoms with Crippen LogP contribution >= 0.6 is 11.8 Å². The Morgan fingerprint density at radius 3 is 2.73 bits per heavy atom. The minimum atomic E-state index is -0.160. The maximum Gasteiger partial charge on any atom is 0.347 e. The Kier molecular flexibility index (Phi) is 6.26. The number of rotatable bonds is 6. The van der Waals surface area contributed by atoms with Gasteiger partial charge in [-0.25, -0.2) is 14.8 Å². The van der Waals surface area contributed by atoms with Gasteiger partial charge in [0.2, 0.25) is 0 Å². The third-order valence-corrected chi connectivity index (χ3v) is 5.30. The molecule has 8 heteroatoms. The van der Waals surface area contributed by atoms with Crippen LogP contribution < -0.4 is 15.9 Å². The van der Waals surface area contributed by atoms with Crippen LogP contribution in [0.15, 0.2) is 28.3 Å². The maximum absolute atomic E-state index is 12.0. The van der Waals surface area contributed by atoms with Crippen LogP contribution in [0, 0.1) is 13.8 Å². The van der Waals surface area contributed by atoms with Crippen LogP contribution in [0.4, 0.5) is 5.82 Å². The van der Waals surface area contributed by atoms with Crippen LogP contribution in [0.2, 0.25) is 0 Å². The van der Waals surface area contributed by atoms with E-state index in [1.165, 1.54) is 0 Å². The molecule has 2 aromatic rings. The van der Waals surface area contributed by atoms with E-state index in [2.05, 4.69) is 25.2 Å². The standard InChI is InChI=1S/C18H26N6OS/c1-13-12-14(2)24(18(25)21-13)11-8-19-15-5-9-23(10-6-15)16-4-7-20-17(22-16)26-3/h4,7,12,15,19H,5-6,8-11H2,1-3H3. The lowest BCUT2D eigenvalue weighted by Crippen LogP contribution is -2.44. The summed E-state index contributed by atoms with van der Waals surface area (Å²) in [5, 5.41) is 4.40. The molecule has 0 spiro atoms. The zero-order valence-corrected chi connectivity index (χ0v) is 16.4. The van der Waals surface area contributed by atoms with Gasteiger partial charge in [-0.15, -0.1) is 0 Å². The molecule has 1 aliphatic rings. The van der Waals surface area contributed by atoms with Crippen molar-refractivity contribution >= 4 is 17.6 Å². The van der Waals surface area contributed by atoms with Gasteiger partial charge in [0.05, 0.1) is 0 Å². The first-order chi connectivity index (χ1) is 12.6. The number of aryl methyl sites for hydroxylation is 2. The quantitative estimate of drug-likeness (QED) is 0.608.